The van der Waals surface area contributed by atoms with Crippen molar-refractivity contribution in [3.8, 4) is 0 Å². The Kier molecular flexibility index (Phi) is 5.83. The van der Waals surface area contributed by atoms with E-state index in [0.717, 1.165) is 25.6 Å². The van der Waals surface area contributed by atoms with Crippen molar-refractivity contribution in [2.45, 2.75) is 32.8 Å². The molecule has 0 saturated carbocycles. The molecule has 2 unspecified atom stereocenters. The van der Waals surface area contributed by atoms with Crippen molar-refractivity contribution in [2.24, 2.45) is 5.92 Å². The number of ether oxygens (including phenoxy) is 1. The highest BCUT2D eigenvalue weighted by Crippen LogP contribution is 2.12. The Hall–Kier alpha value is 0.210. The fraction of sp³-hybridized carbons (Fsp3) is 1.00. The van der Waals surface area contributed by atoms with E-state index >= 15 is 0 Å². The maximum atomic E-state index is 5.79. The number of morpholine rings is 1. The Balaban J connectivity index is 2.22. The third kappa shape index (κ3) is 4.16. The van der Waals surface area contributed by atoms with Gasteiger partial charge in [0.25, 0.3) is 0 Å². The van der Waals surface area contributed by atoms with E-state index in [1.54, 1.807) is 0 Å². The molecule has 1 aliphatic rings. The molecule has 0 bridgehead atoms. The molecule has 2 atom stereocenters. The van der Waals surface area contributed by atoms with Gasteiger partial charge in [0.15, 0.2) is 0 Å². The third-order valence-corrected chi connectivity index (χ3v) is 3.09. The Bertz CT molecular complexity index is 154. The highest BCUT2D eigenvalue weighted by Gasteiger charge is 2.20. The van der Waals surface area contributed by atoms with E-state index < -0.39 is 0 Å². The lowest BCUT2D eigenvalue weighted by Gasteiger charge is -2.33. The molecule has 0 aliphatic carbocycles. The van der Waals surface area contributed by atoms with Gasteiger partial charge in [0.2, 0.25) is 0 Å². The number of rotatable bonds is 5. The second-order valence-corrected chi connectivity index (χ2v) is 4.61. The number of hydrogen-bond donors (Lipinski definition) is 0. The first-order chi connectivity index (χ1) is 6.76. The van der Waals surface area contributed by atoms with Gasteiger partial charge in [-0.2, -0.15) is 0 Å². The molecule has 1 heterocycles. The summed E-state index contributed by atoms with van der Waals surface area (Å²) in [5.74, 6) is 1.42. The molecule has 1 fully saturated rings. The topological polar surface area (TPSA) is 12.5 Å². The van der Waals surface area contributed by atoms with Gasteiger partial charge in [-0.1, -0.05) is 20.3 Å². The molecule has 0 aromatic rings. The molecule has 0 spiro atoms. The normalized spacial score (nSPS) is 26.4. The molecule has 0 N–H and O–H groups in total. The molecular formula is C11H22ClNO. The lowest BCUT2D eigenvalue weighted by atomic mass is 10.1. The molecule has 14 heavy (non-hydrogen) atoms. The average Bonchev–Trinajstić information content (AvgIpc) is 2.18. The zero-order valence-corrected chi connectivity index (χ0v) is 10.1. The SMILES string of the molecule is CCCC(C)CN1CCOC(CCl)C1. The van der Waals surface area contributed by atoms with Crippen molar-refractivity contribution in [2.75, 3.05) is 32.1 Å². The van der Waals surface area contributed by atoms with E-state index in [1.807, 2.05) is 0 Å². The maximum Gasteiger partial charge on any atom is 0.0837 e. The molecular weight excluding hydrogens is 198 g/mol. The molecule has 3 heteroatoms. The Morgan fingerprint density at radius 1 is 1.57 bits per heavy atom. The van der Waals surface area contributed by atoms with Crippen LogP contribution in [0.15, 0.2) is 0 Å². The predicted molar refractivity (Wildman–Crippen MR) is 61.0 cm³/mol. The Morgan fingerprint density at radius 2 is 2.36 bits per heavy atom. The van der Waals surface area contributed by atoms with Gasteiger partial charge in [0, 0.05) is 25.5 Å². The highest BCUT2D eigenvalue weighted by molar-refractivity contribution is 6.18. The number of hydrogen-bond acceptors (Lipinski definition) is 2. The molecule has 0 amide bonds. The van der Waals surface area contributed by atoms with E-state index in [4.69, 9.17) is 16.3 Å². The third-order valence-electron chi connectivity index (χ3n) is 2.75. The zero-order chi connectivity index (χ0) is 10.4. The first kappa shape index (κ1) is 12.3. The van der Waals surface area contributed by atoms with Gasteiger partial charge in [-0.15, -0.1) is 11.6 Å². The molecule has 1 rings (SSSR count). The summed E-state index contributed by atoms with van der Waals surface area (Å²) < 4.78 is 5.53. The lowest BCUT2D eigenvalue weighted by Crippen LogP contribution is -2.44. The van der Waals surface area contributed by atoms with E-state index in [0.29, 0.717) is 5.88 Å². The van der Waals surface area contributed by atoms with Crippen LogP contribution in [0.4, 0.5) is 0 Å². The fourth-order valence-corrected chi connectivity index (χ4v) is 2.25. The predicted octanol–water partition coefficient (Wildman–Crippen LogP) is 2.36. The average molecular weight is 220 g/mol. The van der Waals surface area contributed by atoms with Gasteiger partial charge >= 0.3 is 0 Å². The van der Waals surface area contributed by atoms with Gasteiger partial charge < -0.3 is 4.74 Å². The van der Waals surface area contributed by atoms with Crippen LogP contribution in [0, 0.1) is 5.92 Å². The number of halogens is 1. The molecule has 2 nitrogen and oxygen atoms in total. The minimum atomic E-state index is 0.249. The van der Waals surface area contributed by atoms with Crippen LogP contribution in [-0.4, -0.2) is 43.1 Å². The monoisotopic (exact) mass is 219 g/mol. The summed E-state index contributed by atoms with van der Waals surface area (Å²) in [7, 11) is 0. The van der Waals surface area contributed by atoms with Crippen LogP contribution in [0.3, 0.4) is 0 Å². The van der Waals surface area contributed by atoms with Gasteiger partial charge in [0.05, 0.1) is 12.7 Å². The summed E-state index contributed by atoms with van der Waals surface area (Å²) in [4.78, 5) is 2.48. The van der Waals surface area contributed by atoms with Crippen LogP contribution >= 0.6 is 11.6 Å². The number of nitrogens with zero attached hydrogens (tertiary/aromatic N) is 1. The van der Waals surface area contributed by atoms with Gasteiger partial charge in [-0.3, -0.25) is 4.90 Å². The summed E-state index contributed by atoms with van der Waals surface area (Å²) in [6, 6.07) is 0. The Labute approximate surface area is 92.6 Å². The van der Waals surface area contributed by atoms with Crippen LogP contribution in [-0.2, 0) is 4.74 Å². The standard InChI is InChI=1S/C11H22ClNO/c1-3-4-10(2)8-13-5-6-14-11(7-12)9-13/h10-11H,3-9H2,1-2H3. The van der Waals surface area contributed by atoms with Crippen LogP contribution in [0.5, 0.6) is 0 Å². The molecule has 0 aromatic carbocycles. The molecule has 1 saturated heterocycles. The molecule has 0 radical (unpaired) electrons. The lowest BCUT2D eigenvalue weighted by molar-refractivity contribution is -0.0208. The largest absolute Gasteiger partial charge is 0.374 e. The first-order valence-electron chi connectivity index (χ1n) is 5.66. The van der Waals surface area contributed by atoms with Crippen LogP contribution in [0.2, 0.25) is 0 Å². The van der Waals surface area contributed by atoms with E-state index in [-0.39, 0.29) is 6.10 Å². The fourth-order valence-electron chi connectivity index (χ4n) is 2.06. The van der Waals surface area contributed by atoms with Crippen LogP contribution < -0.4 is 0 Å². The van der Waals surface area contributed by atoms with Crippen molar-refractivity contribution < 1.29 is 4.74 Å². The zero-order valence-electron chi connectivity index (χ0n) is 9.34. The summed E-state index contributed by atoms with van der Waals surface area (Å²) in [5, 5.41) is 0. The first-order valence-corrected chi connectivity index (χ1v) is 6.19. The summed E-state index contributed by atoms with van der Waals surface area (Å²) in [6.45, 7) is 8.70. The van der Waals surface area contributed by atoms with Crippen LogP contribution in [0.1, 0.15) is 26.7 Å². The quantitative estimate of drug-likeness (QED) is 0.659. The van der Waals surface area contributed by atoms with Crippen molar-refractivity contribution in [1.82, 2.24) is 4.90 Å². The second-order valence-electron chi connectivity index (χ2n) is 4.30. The minimum Gasteiger partial charge on any atom is -0.374 e. The van der Waals surface area contributed by atoms with E-state index in [2.05, 4.69) is 18.7 Å². The van der Waals surface area contributed by atoms with Gasteiger partial charge in [-0.05, 0) is 12.3 Å². The minimum absolute atomic E-state index is 0.249. The smallest absolute Gasteiger partial charge is 0.0837 e. The number of alkyl halides is 1. The van der Waals surface area contributed by atoms with Crippen molar-refractivity contribution in [3.05, 3.63) is 0 Å². The summed E-state index contributed by atoms with van der Waals surface area (Å²) >= 11 is 5.79. The molecule has 1 aliphatic heterocycles. The van der Waals surface area contributed by atoms with Crippen molar-refractivity contribution >= 4 is 11.6 Å². The second kappa shape index (κ2) is 6.65. The summed E-state index contributed by atoms with van der Waals surface area (Å²) in [6.07, 6.45) is 2.85. The maximum absolute atomic E-state index is 5.79. The Morgan fingerprint density at radius 3 is 3.00 bits per heavy atom. The van der Waals surface area contributed by atoms with Crippen molar-refractivity contribution in [3.63, 3.8) is 0 Å². The van der Waals surface area contributed by atoms with E-state index in [9.17, 15) is 0 Å². The van der Waals surface area contributed by atoms with Gasteiger partial charge in [-0.25, -0.2) is 0 Å². The summed E-state index contributed by atoms with van der Waals surface area (Å²) in [5.41, 5.74) is 0. The highest BCUT2D eigenvalue weighted by atomic mass is 35.5. The van der Waals surface area contributed by atoms with Crippen LogP contribution in [0.25, 0.3) is 0 Å². The van der Waals surface area contributed by atoms with Crippen molar-refractivity contribution in [1.29, 1.82) is 0 Å². The van der Waals surface area contributed by atoms with E-state index in [1.165, 1.54) is 19.4 Å². The molecule has 84 valence electrons. The molecule has 0 aromatic heterocycles. The van der Waals surface area contributed by atoms with Gasteiger partial charge in [0.1, 0.15) is 0 Å².